The van der Waals surface area contributed by atoms with Crippen LogP contribution in [0.3, 0.4) is 0 Å². The van der Waals surface area contributed by atoms with E-state index in [-0.39, 0.29) is 17.8 Å². The van der Waals surface area contributed by atoms with Gasteiger partial charge in [-0.25, -0.2) is 9.69 Å². The number of urea groups is 1. The summed E-state index contributed by atoms with van der Waals surface area (Å²) < 4.78 is 43.5. The Balaban J connectivity index is 1.61. The van der Waals surface area contributed by atoms with Crippen LogP contribution in [-0.4, -0.2) is 48.5 Å². The number of amides is 4. The van der Waals surface area contributed by atoms with E-state index in [2.05, 4.69) is 5.32 Å². The number of imide groups is 1. The Morgan fingerprint density at radius 1 is 1.13 bits per heavy atom. The Morgan fingerprint density at radius 3 is 2.48 bits per heavy atom. The molecule has 2 saturated heterocycles. The van der Waals surface area contributed by atoms with Gasteiger partial charge in [0.05, 0.1) is 24.4 Å². The number of nitrogens with one attached hydrogen (secondary N) is 1. The Hall–Kier alpha value is -3.56. The number of alkyl halides is 3. The Kier molecular flexibility index (Phi) is 5.08. The lowest BCUT2D eigenvalue weighted by atomic mass is 10.0. The average Bonchev–Trinajstić information content (AvgIpc) is 3.17. The molecule has 4 amide bonds. The summed E-state index contributed by atoms with van der Waals surface area (Å²) in [6, 6.07) is 8.07. The Bertz CT molecular complexity index is 1040. The third-order valence-electron chi connectivity index (χ3n) is 5.41. The molecule has 0 aromatic heterocycles. The number of rotatable bonds is 3. The maximum atomic E-state index is 13.2. The van der Waals surface area contributed by atoms with Crippen LogP contribution in [0.2, 0.25) is 0 Å². The summed E-state index contributed by atoms with van der Waals surface area (Å²) in [4.78, 5) is 41.0. The lowest BCUT2D eigenvalue weighted by Crippen LogP contribution is -2.65. The Morgan fingerprint density at radius 2 is 1.84 bits per heavy atom. The molecule has 2 atom stereocenters. The summed E-state index contributed by atoms with van der Waals surface area (Å²) in [7, 11) is 1.45. The van der Waals surface area contributed by atoms with Crippen molar-refractivity contribution >= 4 is 23.5 Å². The highest BCUT2D eigenvalue weighted by Gasteiger charge is 2.50. The van der Waals surface area contributed by atoms with E-state index in [4.69, 9.17) is 4.74 Å². The zero-order chi connectivity index (χ0) is 22.3. The molecule has 4 rings (SSSR count). The highest BCUT2D eigenvalue weighted by Crippen LogP contribution is 2.32. The second-order valence-electron chi connectivity index (χ2n) is 7.24. The van der Waals surface area contributed by atoms with Gasteiger partial charge < -0.3 is 15.0 Å². The van der Waals surface area contributed by atoms with Gasteiger partial charge in [0.2, 0.25) is 0 Å². The second kappa shape index (κ2) is 7.60. The van der Waals surface area contributed by atoms with Gasteiger partial charge in [-0.2, -0.15) is 13.2 Å². The number of benzene rings is 2. The lowest BCUT2D eigenvalue weighted by molar-refractivity contribution is -0.137. The van der Waals surface area contributed by atoms with E-state index >= 15 is 0 Å². The molecule has 162 valence electrons. The van der Waals surface area contributed by atoms with Crippen LogP contribution >= 0.6 is 0 Å². The molecule has 1 N–H and O–H groups in total. The summed E-state index contributed by atoms with van der Waals surface area (Å²) in [5.74, 6) is -0.708. The standard InChI is InChI=1S/C21H18F3N3O4/c1-31-15-4-2-3-14(11-15)27-19(29)17-16(25-20(27)30)9-10-26(17)18(28)12-5-7-13(8-6-12)21(22,23)24/h2-8,11,16-17H,9-10H2,1H3,(H,25,30)/t16-,17+/m1/s1. The molecule has 0 aliphatic carbocycles. The first kappa shape index (κ1) is 20.7. The van der Waals surface area contributed by atoms with E-state index in [1.165, 1.54) is 18.1 Å². The number of anilines is 1. The van der Waals surface area contributed by atoms with E-state index in [0.717, 1.165) is 29.2 Å². The summed E-state index contributed by atoms with van der Waals surface area (Å²) in [6.45, 7) is 0.188. The molecule has 0 saturated carbocycles. The lowest BCUT2D eigenvalue weighted by Gasteiger charge is -2.37. The smallest absolute Gasteiger partial charge is 0.416 e. The van der Waals surface area contributed by atoms with Crippen LogP contribution in [0.25, 0.3) is 0 Å². The molecule has 31 heavy (non-hydrogen) atoms. The van der Waals surface area contributed by atoms with Gasteiger partial charge in [-0.05, 0) is 42.8 Å². The molecule has 0 bridgehead atoms. The van der Waals surface area contributed by atoms with Crippen LogP contribution in [-0.2, 0) is 11.0 Å². The maximum absolute atomic E-state index is 13.2. The molecule has 2 aromatic rings. The van der Waals surface area contributed by atoms with Crippen LogP contribution in [0.1, 0.15) is 22.3 Å². The summed E-state index contributed by atoms with van der Waals surface area (Å²) in [6.07, 6.45) is -4.15. The van der Waals surface area contributed by atoms with E-state index < -0.39 is 41.7 Å². The number of ether oxygens (including phenoxy) is 1. The monoisotopic (exact) mass is 433 g/mol. The fourth-order valence-electron chi connectivity index (χ4n) is 3.89. The van der Waals surface area contributed by atoms with E-state index in [9.17, 15) is 27.6 Å². The largest absolute Gasteiger partial charge is 0.497 e. The minimum Gasteiger partial charge on any atom is -0.497 e. The van der Waals surface area contributed by atoms with Crippen molar-refractivity contribution in [3.8, 4) is 5.75 Å². The van der Waals surface area contributed by atoms with E-state index in [1.807, 2.05) is 0 Å². The first-order chi connectivity index (χ1) is 14.7. The minimum atomic E-state index is -4.51. The average molecular weight is 433 g/mol. The van der Waals surface area contributed by atoms with Crippen molar-refractivity contribution in [3.05, 3.63) is 59.7 Å². The number of carbonyl (C=O) groups is 3. The van der Waals surface area contributed by atoms with Crippen molar-refractivity contribution in [1.82, 2.24) is 10.2 Å². The molecule has 0 radical (unpaired) electrons. The molecule has 0 spiro atoms. The molecular weight excluding hydrogens is 415 g/mol. The maximum Gasteiger partial charge on any atom is 0.416 e. The van der Waals surface area contributed by atoms with Crippen LogP contribution < -0.4 is 15.0 Å². The molecular formula is C21H18F3N3O4. The van der Waals surface area contributed by atoms with E-state index in [0.29, 0.717) is 12.2 Å². The summed E-state index contributed by atoms with van der Waals surface area (Å²) >= 11 is 0. The number of methoxy groups -OCH3 is 1. The van der Waals surface area contributed by atoms with Gasteiger partial charge >= 0.3 is 12.2 Å². The number of likely N-dealkylation sites (tertiary alicyclic amines) is 1. The van der Waals surface area contributed by atoms with Gasteiger partial charge in [-0.15, -0.1) is 0 Å². The zero-order valence-corrected chi connectivity index (χ0v) is 16.3. The number of hydrogen-bond donors (Lipinski definition) is 1. The first-order valence-electron chi connectivity index (χ1n) is 9.47. The number of nitrogens with zero attached hydrogens (tertiary/aromatic N) is 2. The van der Waals surface area contributed by atoms with Gasteiger partial charge in [-0.1, -0.05) is 6.07 Å². The predicted molar refractivity (Wildman–Crippen MR) is 104 cm³/mol. The van der Waals surface area contributed by atoms with Crippen LogP contribution in [0.15, 0.2) is 48.5 Å². The Labute approximate surface area is 175 Å². The highest BCUT2D eigenvalue weighted by atomic mass is 19.4. The number of hydrogen-bond acceptors (Lipinski definition) is 4. The molecule has 2 aliphatic rings. The van der Waals surface area contributed by atoms with Crippen molar-refractivity contribution in [2.24, 2.45) is 0 Å². The molecule has 7 nitrogen and oxygen atoms in total. The summed E-state index contributed by atoms with van der Waals surface area (Å²) in [5.41, 5.74) is -0.547. The number of halogens is 3. The molecule has 10 heteroatoms. The third-order valence-corrected chi connectivity index (χ3v) is 5.41. The van der Waals surface area contributed by atoms with Gasteiger partial charge in [-0.3, -0.25) is 9.59 Å². The van der Waals surface area contributed by atoms with Crippen molar-refractivity contribution in [2.75, 3.05) is 18.6 Å². The fourth-order valence-corrected chi connectivity index (χ4v) is 3.89. The van der Waals surface area contributed by atoms with Crippen molar-refractivity contribution < 1.29 is 32.3 Å². The fraction of sp³-hybridized carbons (Fsp3) is 0.286. The quantitative estimate of drug-likeness (QED) is 0.807. The SMILES string of the molecule is COc1cccc(N2C(=O)N[C@@H]3CCN(C(=O)c4ccc(C(F)(F)F)cc4)[C@@H]3C2=O)c1. The van der Waals surface area contributed by atoms with Crippen molar-refractivity contribution in [3.63, 3.8) is 0 Å². The molecule has 2 fully saturated rings. The van der Waals surface area contributed by atoms with Crippen molar-refractivity contribution in [2.45, 2.75) is 24.7 Å². The first-order valence-corrected chi connectivity index (χ1v) is 9.47. The number of fused-ring (bicyclic) bond motifs is 1. The highest BCUT2D eigenvalue weighted by molar-refractivity contribution is 6.19. The van der Waals surface area contributed by atoms with Gasteiger partial charge in [0.15, 0.2) is 0 Å². The summed E-state index contributed by atoms with van der Waals surface area (Å²) in [5, 5.41) is 2.74. The van der Waals surface area contributed by atoms with E-state index in [1.54, 1.807) is 18.2 Å². The van der Waals surface area contributed by atoms with Crippen LogP contribution in [0, 0.1) is 0 Å². The van der Waals surface area contributed by atoms with Crippen LogP contribution in [0.5, 0.6) is 5.75 Å². The zero-order valence-electron chi connectivity index (χ0n) is 16.3. The molecule has 2 heterocycles. The normalized spacial score (nSPS) is 21.0. The van der Waals surface area contributed by atoms with Crippen LogP contribution in [0.4, 0.5) is 23.7 Å². The minimum absolute atomic E-state index is 0.0336. The third kappa shape index (κ3) is 3.69. The molecule has 0 unspecified atom stereocenters. The van der Waals surface area contributed by atoms with Gasteiger partial charge in [0.25, 0.3) is 11.8 Å². The number of carbonyl (C=O) groups excluding carboxylic acids is 3. The predicted octanol–water partition coefficient (Wildman–Crippen LogP) is 3.05. The topological polar surface area (TPSA) is 79.0 Å². The van der Waals surface area contributed by atoms with Crippen molar-refractivity contribution in [1.29, 1.82) is 0 Å². The second-order valence-corrected chi connectivity index (χ2v) is 7.24. The molecule has 2 aliphatic heterocycles. The van der Waals surface area contributed by atoms with Gasteiger partial charge in [0.1, 0.15) is 11.8 Å². The van der Waals surface area contributed by atoms with Gasteiger partial charge in [0, 0.05) is 18.2 Å². The molecule has 2 aromatic carbocycles.